The number of hydrogen-bond acceptors (Lipinski definition) is 5. The van der Waals surface area contributed by atoms with E-state index in [1.807, 2.05) is 30.8 Å². The second kappa shape index (κ2) is 8.07. The zero-order valence-electron chi connectivity index (χ0n) is 16.4. The van der Waals surface area contributed by atoms with Crippen molar-refractivity contribution < 1.29 is 4.42 Å². The fourth-order valence-corrected chi connectivity index (χ4v) is 2.96. The molecule has 144 valence electrons. The minimum Gasteiger partial charge on any atom is -0.461 e. The maximum absolute atomic E-state index is 5.30. The first-order valence-corrected chi connectivity index (χ1v) is 8.89. The Labute approximate surface area is 158 Å². The van der Waals surface area contributed by atoms with Gasteiger partial charge in [0.05, 0.1) is 18.5 Å². The minimum atomic E-state index is 0.200. The summed E-state index contributed by atoms with van der Waals surface area (Å²) in [5.41, 5.74) is 3.53. The third kappa shape index (κ3) is 4.36. The van der Waals surface area contributed by atoms with Crippen LogP contribution < -0.4 is 10.6 Å². The van der Waals surface area contributed by atoms with Crippen LogP contribution in [0.3, 0.4) is 0 Å². The van der Waals surface area contributed by atoms with Gasteiger partial charge >= 0.3 is 0 Å². The van der Waals surface area contributed by atoms with Gasteiger partial charge in [-0.25, -0.2) is 4.98 Å². The van der Waals surface area contributed by atoms with Crippen molar-refractivity contribution in [1.82, 2.24) is 35.6 Å². The van der Waals surface area contributed by atoms with Crippen LogP contribution in [-0.4, -0.2) is 44.0 Å². The van der Waals surface area contributed by atoms with Crippen LogP contribution >= 0.6 is 0 Å². The first-order valence-electron chi connectivity index (χ1n) is 8.89. The van der Waals surface area contributed by atoms with Crippen molar-refractivity contribution in [2.75, 3.05) is 7.05 Å². The van der Waals surface area contributed by atoms with Gasteiger partial charge in [-0.2, -0.15) is 5.10 Å². The molecule has 0 aliphatic heterocycles. The zero-order valence-corrected chi connectivity index (χ0v) is 16.4. The molecule has 0 aliphatic rings. The number of aliphatic imine (C=N–C) groups is 1. The molecule has 9 heteroatoms. The molecule has 0 radical (unpaired) electrons. The van der Waals surface area contributed by atoms with Gasteiger partial charge in [-0.3, -0.25) is 14.8 Å². The second-order valence-electron chi connectivity index (χ2n) is 6.53. The molecule has 3 heterocycles. The van der Waals surface area contributed by atoms with Crippen LogP contribution in [0, 0.1) is 13.8 Å². The van der Waals surface area contributed by atoms with Crippen molar-refractivity contribution in [3.05, 3.63) is 41.2 Å². The van der Waals surface area contributed by atoms with Gasteiger partial charge < -0.3 is 15.1 Å². The summed E-state index contributed by atoms with van der Waals surface area (Å²) in [5.74, 6) is 2.58. The van der Waals surface area contributed by atoms with E-state index in [-0.39, 0.29) is 6.04 Å². The van der Waals surface area contributed by atoms with Gasteiger partial charge in [0.2, 0.25) is 5.82 Å². The van der Waals surface area contributed by atoms with E-state index in [2.05, 4.69) is 49.8 Å². The van der Waals surface area contributed by atoms with E-state index in [0.717, 1.165) is 12.1 Å². The van der Waals surface area contributed by atoms with Crippen LogP contribution in [0.15, 0.2) is 27.8 Å². The first-order chi connectivity index (χ1) is 13.0. The van der Waals surface area contributed by atoms with Gasteiger partial charge in [0.15, 0.2) is 11.7 Å². The van der Waals surface area contributed by atoms with E-state index in [9.17, 15) is 0 Å². The predicted octanol–water partition coefficient (Wildman–Crippen LogP) is 1.71. The number of aromatic amines is 1. The second-order valence-corrected chi connectivity index (χ2v) is 6.53. The third-order valence-electron chi connectivity index (χ3n) is 4.47. The number of aryl methyl sites for hydroxylation is 2. The van der Waals surface area contributed by atoms with Gasteiger partial charge in [-0.15, -0.1) is 5.10 Å². The van der Waals surface area contributed by atoms with Gasteiger partial charge in [0.25, 0.3) is 0 Å². The van der Waals surface area contributed by atoms with E-state index in [4.69, 9.17) is 4.42 Å². The largest absolute Gasteiger partial charge is 0.461 e. The predicted molar refractivity (Wildman–Crippen MR) is 103 cm³/mol. The van der Waals surface area contributed by atoms with Crippen molar-refractivity contribution in [2.24, 2.45) is 12.0 Å². The zero-order chi connectivity index (χ0) is 19.4. The molecule has 3 aromatic heterocycles. The average Bonchev–Trinajstić information content (AvgIpc) is 3.37. The molecule has 3 aromatic rings. The van der Waals surface area contributed by atoms with Crippen molar-refractivity contribution in [1.29, 1.82) is 0 Å². The van der Waals surface area contributed by atoms with E-state index in [1.54, 1.807) is 13.3 Å². The summed E-state index contributed by atoms with van der Waals surface area (Å²) in [6, 6.07) is 3.83. The number of rotatable bonds is 6. The molecule has 0 bridgehead atoms. The molecular formula is C18H26N8O. The number of guanidine groups is 1. The summed E-state index contributed by atoms with van der Waals surface area (Å²) in [5, 5.41) is 18.2. The topological polar surface area (TPSA) is 109 Å². The maximum Gasteiger partial charge on any atom is 0.216 e. The average molecular weight is 370 g/mol. The summed E-state index contributed by atoms with van der Waals surface area (Å²) in [4.78, 5) is 8.70. The molecule has 27 heavy (non-hydrogen) atoms. The van der Waals surface area contributed by atoms with Crippen LogP contribution in [0.1, 0.15) is 29.7 Å². The van der Waals surface area contributed by atoms with Gasteiger partial charge in [-0.05, 0) is 44.9 Å². The van der Waals surface area contributed by atoms with Crippen molar-refractivity contribution in [3.63, 3.8) is 0 Å². The number of nitrogens with one attached hydrogen (secondary N) is 3. The van der Waals surface area contributed by atoms with Gasteiger partial charge in [0, 0.05) is 25.8 Å². The van der Waals surface area contributed by atoms with Crippen LogP contribution in [0.2, 0.25) is 0 Å². The number of H-pyrrole nitrogens is 1. The Bertz CT molecular complexity index is 906. The molecule has 0 aromatic carbocycles. The quantitative estimate of drug-likeness (QED) is 0.450. The smallest absolute Gasteiger partial charge is 0.216 e. The van der Waals surface area contributed by atoms with E-state index in [0.29, 0.717) is 29.9 Å². The monoisotopic (exact) mass is 370 g/mol. The lowest BCUT2D eigenvalue weighted by Crippen LogP contribution is -2.43. The number of nitrogens with zero attached hydrogens (tertiary/aromatic N) is 5. The summed E-state index contributed by atoms with van der Waals surface area (Å²) >= 11 is 0. The molecule has 0 saturated heterocycles. The highest BCUT2D eigenvalue weighted by Gasteiger charge is 2.14. The van der Waals surface area contributed by atoms with E-state index < -0.39 is 0 Å². The Morgan fingerprint density at radius 2 is 2.22 bits per heavy atom. The fraction of sp³-hybridized carbons (Fsp3) is 0.444. The SMILES string of the molecule is CN=C(NCc1nc(-c2ccco2)n[nH]1)NC(C)Cc1c(C)nn(C)c1C. The number of furan rings is 1. The molecule has 1 unspecified atom stereocenters. The Balaban J connectivity index is 1.55. The highest BCUT2D eigenvalue weighted by Crippen LogP contribution is 2.15. The van der Waals surface area contributed by atoms with Crippen LogP contribution in [-0.2, 0) is 20.0 Å². The normalized spacial score (nSPS) is 13.0. The van der Waals surface area contributed by atoms with Gasteiger partial charge in [-0.1, -0.05) is 0 Å². The van der Waals surface area contributed by atoms with Crippen LogP contribution in [0.5, 0.6) is 0 Å². The Kier molecular flexibility index (Phi) is 5.58. The fourth-order valence-electron chi connectivity index (χ4n) is 2.96. The minimum absolute atomic E-state index is 0.200. The van der Waals surface area contributed by atoms with Gasteiger partial charge in [0.1, 0.15) is 5.82 Å². The van der Waals surface area contributed by atoms with E-state index in [1.165, 1.54) is 11.3 Å². The number of hydrogen-bond donors (Lipinski definition) is 3. The van der Waals surface area contributed by atoms with Crippen molar-refractivity contribution in [2.45, 2.75) is 39.8 Å². The van der Waals surface area contributed by atoms with Crippen molar-refractivity contribution >= 4 is 5.96 Å². The molecule has 0 aliphatic carbocycles. The molecule has 0 fully saturated rings. The molecule has 0 saturated carbocycles. The summed E-state index contributed by atoms with van der Waals surface area (Å²) < 4.78 is 7.22. The maximum atomic E-state index is 5.30. The lowest BCUT2D eigenvalue weighted by molar-refractivity contribution is 0.577. The summed E-state index contributed by atoms with van der Waals surface area (Å²) in [6.45, 7) is 6.74. The Hall–Kier alpha value is -3.10. The summed E-state index contributed by atoms with van der Waals surface area (Å²) in [6.07, 6.45) is 2.47. The van der Waals surface area contributed by atoms with Crippen LogP contribution in [0.4, 0.5) is 0 Å². The van der Waals surface area contributed by atoms with Crippen molar-refractivity contribution in [3.8, 4) is 11.6 Å². The molecule has 0 spiro atoms. The first kappa shape index (κ1) is 18.7. The molecular weight excluding hydrogens is 344 g/mol. The van der Waals surface area contributed by atoms with Crippen LogP contribution in [0.25, 0.3) is 11.6 Å². The highest BCUT2D eigenvalue weighted by molar-refractivity contribution is 5.79. The third-order valence-corrected chi connectivity index (χ3v) is 4.47. The molecule has 0 amide bonds. The molecule has 3 N–H and O–H groups in total. The Morgan fingerprint density at radius 1 is 1.41 bits per heavy atom. The molecule has 9 nitrogen and oxygen atoms in total. The highest BCUT2D eigenvalue weighted by atomic mass is 16.3. The standard InChI is InChI=1S/C18H26N8O/c1-11(9-14-12(2)25-26(5)13(14)3)21-18(19-4)20-10-16-22-17(24-23-16)15-7-6-8-27-15/h6-8,11H,9-10H2,1-5H3,(H2,19,20,21)(H,22,23,24). The molecule has 3 rings (SSSR count). The van der Waals surface area contributed by atoms with E-state index >= 15 is 0 Å². The Morgan fingerprint density at radius 3 is 2.85 bits per heavy atom. The number of aromatic nitrogens is 5. The summed E-state index contributed by atoms with van der Waals surface area (Å²) in [7, 11) is 3.72. The lowest BCUT2D eigenvalue weighted by atomic mass is 10.1. The molecule has 1 atom stereocenters. The lowest BCUT2D eigenvalue weighted by Gasteiger charge is -2.17.